The fourth-order valence-corrected chi connectivity index (χ4v) is 4.87. The van der Waals surface area contributed by atoms with Crippen molar-refractivity contribution in [3.63, 3.8) is 0 Å². The molecule has 0 aliphatic carbocycles. The second-order valence-corrected chi connectivity index (χ2v) is 8.33. The number of anilines is 2. The first kappa shape index (κ1) is 20.8. The zero-order valence-corrected chi connectivity index (χ0v) is 18.5. The molecule has 3 atom stereocenters. The molecule has 0 aromatic heterocycles. The quantitative estimate of drug-likeness (QED) is 0.501. The third-order valence-corrected chi connectivity index (χ3v) is 6.33. The van der Waals surface area contributed by atoms with Gasteiger partial charge in [-0.3, -0.25) is 14.4 Å². The van der Waals surface area contributed by atoms with Gasteiger partial charge in [0.1, 0.15) is 11.7 Å². The van der Waals surface area contributed by atoms with Crippen LogP contribution in [-0.4, -0.2) is 25.0 Å². The van der Waals surface area contributed by atoms with Gasteiger partial charge < -0.3 is 4.74 Å². The number of carbonyl (C=O) groups is 2. The molecule has 2 fully saturated rings. The molecule has 0 unspecified atom stereocenters. The molecule has 3 aromatic rings. The van der Waals surface area contributed by atoms with E-state index in [9.17, 15) is 9.59 Å². The maximum atomic E-state index is 13.7. The van der Waals surface area contributed by atoms with E-state index in [1.54, 1.807) is 30.4 Å². The second kappa shape index (κ2) is 8.13. The van der Waals surface area contributed by atoms with E-state index in [1.165, 1.54) is 0 Å². The molecule has 3 aromatic carbocycles. The zero-order chi connectivity index (χ0) is 22.4. The maximum absolute atomic E-state index is 13.7. The lowest BCUT2D eigenvalue weighted by atomic mass is 9.90. The number of amides is 2. The van der Waals surface area contributed by atoms with Crippen LogP contribution in [0.2, 0.25) is 10.0 Å². The van der Waals surface area contributed by atoms with E-state index in [-0.39, 0.29) is 15.7 Å². The average Bonchev–Trinajstić information content (AvgIpc) is 3.31. The lowest BCUT2D eigenvalue weighted by Gasteiger charge is -2.29. The summed E-state index contributed by atoms with van der Waals surface area (Å²) in [7, 11) is 1.58. The first-order chi connectivity index (χ1) is 15.5. The minimum absolute atomic E-state index is 0.180. The van der Waals surface area contributed by atoms with Crippen LogP contribution < -0.4 is 14.7 Å². The number of para-hydroxylation sites is 2. The van der Waals surface area contributed by atoms with Gasteiger partial charge in [-0.2, -0.15) is 0 Å². The van der Waals surface area contributed by atoms with Crippen molar-refractivity contribution in [3.8, 4) is 5.75 Å². The summed E-state index contributed by atoms with van der Waals surface area (Å²) in [4.78, 5) is 34.2. The van der Waals surface area contributed by atoms with E-state index >= 15 is 0 Å². The van der Waals surface area contributed by atoms with E-state index in [4.69, 9.17) is 32.8 Å². The summed E-state index contributed by atoms with van der Waals surface area (Å²) in [5, 5.41) is 2.07. The van der Waals surface area contributed by atoms with Crippen LogP contribution in [0.1, 0.15) is 11.6 Å². The zero-order valence-electron chi connectivity index (χ0n) is 16.9. The van der Waals surface area contributed by atoms with Gasteiger partial charge in [-0.15, -0.1) is 0 Å². The number of nitrogens with zero attached hydrogens (tertiary/aromatic N) is 2. The van der Waals surface area contributed by atoms with Crippen LogP contribution in [0.4, 0.5) is 11.4 Å². The topological polar surface area (TPSA) is 59.1 Å². The third kappa shape index (κ3) is 3.23. The van der Waals surface area contributed by atoms with Crippen LogP contribution in [0.25, 0.3) is 0 Å². The number of benzene rings is 3. The number of carbonyl (C=O) groups excluding carboxylic acids is 2. The Kier molecular flexibility index (Phi) is 5.29. The lowest BCUT2D eigenvalue weighted by molar-refractivity contribution is -0.126. The highest BCUT2D eigenvalue weighted by Crippen LogP contribution is 2.49. The van der Waals surface area contributed by atoms with Gasteiger partial charge in [-0.1, -0.05) is 59.6 Å². The van der Waals surface area contributed by atoms with Crippen molar-refractivity contribution in [1.29, 1.82) is 0 Å². The standard InChI is InChI=1S/C24H18Cl2N2O4/c1-31-16-10-5-7-14(13-16)20-19-22(32-28(20)15-8-3-2-4-9-15)24(30)27(23(19)29)21-17(25)11-6-12-18(21)26/h2-13,19-20,22H,1H3/t19-,20-,22-/m0/s1. The van der Waals surface area contributed by atoms with Crippen molar-refractivity contribution < 1.29 is 19.2 Å². The average molecular weight is 469 g/mol. The minimum Gasteiger partial charge on any atom is -0.497 e. The fourth-order valence-electron chi connectivity index (χ4n) is 4.30. The predicted molar refractivity (Wildman–Crippen MR) is 122 cm³/mol. The molecular formula is C24H18Cl2N2O4. The molecule has 6 nitrogen and oxygen atoms in total. The first-order valence-electron chi connectivity index (χ1n) is 9.98. The Hall–Kier alpha value is -3.06. The molecular weight excluding hydrogens is 451 g/mol. The Morgan fingerprint density at radius 3 is 2.25 bits per heavy atom. The number of halogens is 2. The smallest absolute Gasteiger partial charge is 0.266 e. The number of hydroxylamine groups is 1. The van der Waals surface area contributed by atoms with Gasteiger partial charge in [-0.05, 0) is 42.0 Å². The second-order valence-electron chi connectivity index (χ2n) is 7.52. The minimum atomic E-state index is -1.01. The van der Waals surface area contributed by atoms with Crippen molar-refractivity contribution in [2.45, 2.75) is 12.1 Å². The molecule has 0 saturated carbocycles. The Morgan fingerprint density at radius 1 is 0.875 bits per heavy atom. The van der Waals surface area contributed by atoms with Crippen molar-refractivity contribution >= 4 is 46.4 Å². The molecule has 2 heterocycles. The van der Waals surface area contributed by atoms with E-state index in [0.29, 0.717) is 5.75 Å². The number of hydrogen-bond donors (Lipinski definition) is 0. The highest BCUT2D eigenvalue weighted by Gasteiger charge is 2.60. The van der Waals surface area contributed by atoms with Crippen LogP contribution in [0.5, 0.6) is 5.75 Å². The van der Waals surface area contributed by atoms with Gasteiger partial charge in [0, 0.05) is 0 Å². The summed E-state index contributed by atoms with van der Waals surface area (Å²) >= 11 is 12.6. The Balaban J connectivity index is 1.62. The molecule has 2 amide bonds. The van der Waals surface area contributed by atoms with E-state index in [2.05, 4.69) is 0 Å². The van der Waals surface area contributed by atoms with E-state index in [0.717, 1.165) is 16.2 Å². The van der Waals surface area contributed by atoms with Gasteiger partial charge in [0.15, 0.2) is 6.10 Å². The molecule has 0 bridgehead atoms. The van der Waals surface area contributed by atoms with Crippen molar-refractivity contribution in [2.24, 2.45) is 5.92 Å². The van der Waals surface area contributed by atoms with Gasteiger partial charge in [-0.25, -0.2) is 9.96 Å². The third-order valence-electron chi connectivity index (χ3n) is 5.72. The summed E-state index contributed by atoms with van der Waals surface area (Å²) in [6.07, 6.45) is -1.01. The predicted octanol–water partition coefficient (Wildman–Crippen LogP) is 5.05. The molecule has 5 rings (SSSR count). The summed E-state index contributed by atoms with van der Waals surface area (Å²) < 4.78 is 5.38. The number of ether oxygens (including phenoxy) is 1. The molecule has 2 saturated heterocycles. The lowest BCUT2D eigenvalue weighted by Crippen LogP contribution is -2.37. The monoisotopic (exact) mass is 468 g/mol. The first-order valence-corrected chi connectivity index (χ1v) is 10.7. The molecule has 162 valence electrons. The van der Waals surface area contributed by atoms with Gasteiger partial charge in [0.25, 0.3) is 5.91 Å². The van der Waals surface area contributed by atoms with Crippen molar-refractivity contribution in [2.75, 3.05) is 17.1 Å². The maximum Gasteiger partial charge on any atom is 0.266 e. The summed E-state index contributed by atoms with van der Waals surface area (Å²) in [6.45, 7) is 0. The highest BCUT2D eigenvalue weighted by molar-refractivity contribution is 6.42. The molecule has 32 heavy (non-hydrogen) atoms. The van der Waals surface area contributed by atoms with Crippen LogP contribution in [-0.2, 0) is 14.4 Å². The number of hydrogen-bond acceptors (Lipinski definition) is 5. The number of rotatable bonds is 4. The van der Waals surface area contributed by atoms with Gasteiger partial charge in [0.2, 0.25) is 5.91 Å². The fraction of sp³-hybridized carbons (Fsp3) is 0.167. The number of fused-ring (bicyclic) bond motifs is 1. The van der Waals surface area contributed by atoms with Crippen molar-refractivity contribution in [1.82, 2.24) is 0 Å². The van der Waals surface area contributed by atoms with Crippen LogP contribution in [0.3, 0.4) is 0 Å². The normalized spacial score (nSPS) is 22.4. The van der Waals surface area contributed by atoms with Gasteiger partial charge >= 0.3 is 0 Å². The molecule has 0 radical (unpaired) electrons. The van der Waals surface area contributed by atoms with Crippen LogP contribution in [0, 0.1) is 5.92 Å². The molecule has 2 aliphatic heterocycles. The molecule has 2 aliphatic rings. The van der Waals surface area contributed by atoms with Gasteiger partial charge in [0.05, 0.1) is 34.6 Å². The SMILES string of the molecule is COc1cccc([C@H]2[C@@H]3C(=O)N(c4c(Cl)cccc4Cl)C(=O)[C@H]3ON2c2ccccc2)c1. The Bertz CT molecular complexity index is 1180. The van der Waals surface area contributed by atoms with E-state index in [1.807, 2.05) is 54.6 Å². The number of imide groups is 1. The molecule has 0 spiro atoms. The largest absolute Gasteiger partial charge is 0.497 e. The molecule has 0 N–H and O–H groups in total. The van der Waals surface area contributed by atoms with Crippen molar-refractivity contribution in [3.05, 3.63) is 88.4 Å². The number of methoxy groups -OCH3 is 1. The molecule has 8 heteroatoms. The Labute approximate surface area is 194 Å². The van der Waals surface area contributed by atoms with Crippen LogP contribution >= 0.6 is 23.2 Å². The van der Waals surface area contributed by atoms with Crippen LogP contribution in [0.15, 0.2) is 72.8 Å². The Morgan fingerprint density at radius 2 is 1.56 bits per heavy atom. The highest BCUT2D eigenvalue weighted by atomic mass is 35.5. The summed E-state index contributed by atoms with van der Waals surface area (Å²) in [5.74, 6) is -1.06. The van der Waals surface area contributed by atoms with E-state index < -0.39 is 29.9 Å². The summed E-state index contributed by atoms with van der Waals surface area (Å²) in [5.41, 5.74) is 1.70. The summed E-state index contributed by atoms with van der Waals surface area (Å²) in [6, 6.07) is 21.0.